The zero-order chi connectivity index (χ0) is 21.5. The monoisotopic (exact) mass is 411 g/mol. The van der Waals surface area contributed by atoms with Crippen molar-refractivity contribution in [3.8, 4) is 0 Å². The molecule has 1 saturated heterocycles. The average Bonchev–Trinajstić information content (AvgIpc) is 3.12. The van der Waals surface area contributed by atoms with Gasteiger partial charge in [0.25, 0.3) is 0 Å². The lowest BCUT2D eigenvalue weighted by Gasteiger charge is -2.37. The van der Waals surface area contributed by atoms with Crippen LogP contribution in [0.3, 0.4) is 0 Å². The van der Waals surface area contributed by atoms with Crippen LogP contribution < -0.4 is 5.32 Å². The molecule has 0 aromatic carbocycles. The van der Waals surface area contributed by atoms with Gasteiger partial charge in [-0.05, 0) is 51.7 Å². The summed E-state index contributed by atoms with van der Waals surface area (Å²) in [5.41, 5.74) is 2.64. The normalized spacial score (nSPS) is 20.1. The highest BCUT2D eigenvalue weighted by atomic mass is 15.4. The molecule has 0 aliphatic carbocycles. The minimum atomic E-state index is 0.461. The number of hydrogen-bond acceptors (Lipinski definition) is 6. The van der Waals surface area contributed by atoms with E-state index in [2.05, 4.69) is 80.9 Å². The molecule has 0 spiro atoms. The predicted molar refractivity (Wildman–Crippen MR) is 124 cm³/mol. The Labute approximate surface area is 181 Å². The SMILES string of the molecule is C/C=C\CC.CC1=C(C)n2c(nnc2C2CCN(C3=NC=CCN3C)CC2)CNC1. The smallest absolute Gasteiger partial charge is 0.201 e. The van der Waals surface area contributed by atoms with E-state index < -0.39 is 0 Å². The van der Waals surface area contributed by atoms with Crippen LogP contribution in [0.5, 0.6) is 0 Å². The zero-order valence-corrected chi connectivity index (χ0v) is 19.2. The number of aliphatic imine (C=N–C) groups is 1. The molecular weight excluding hydrogens is 374 g/mol. The summed E-state index contributed by atoms with van der Waals surface area (Å²) in [5.74, 6) is 3.72. The maximum Gasteiger partial charge on any atom is 0.201 e. The number of rotatable bonds is 2. The van der Waals surface area contributed by atoms with E-state index in [1.54, 1.807) is 0 Å². The van der Waals surface area contributed by atoms with Crippen LogP contribution in [0.1, 0.15) is 64.5 Å². The molecule has 1 fully saturated rings. The van der Waals surface area contributed by atoms with Gasteiger partial charge in [-0.2, -0.15) is 0 Å². The molecule has 0 unspecified atom stereocenters. The Morgan fingerprint density at radius 3 is 2.57 bits per heavy atom. The van der Waals surface area contributed by atoms with Crippen LogP contribution in [0.25, 0.3) is 5.70 Å². The number of aromatic nitrogens is 3. The fraction of sp³-hybridized carbons (Fsp3) is 0.609. The van der Waals surface area contributed by atoms with Gasteiger partial charge in [0.05, 0.1) is 6.54 Å². The topological polar surface area (TPSA) is 61.6 Å². The Hall–Kier alpha value is -2.41. The highest BCUT2D eigenvalue weighted by molar-refractivity contribution is 5.81. The van der Waals surface area contributed by atoms with Gasteiger partial charge in [0.15, 0.2) is 5.82 Å². The minimum Gasteiger partial charge on any atom is -0.342 e. The Morgan fingerprint density at radius 2 is 1.93 bits per heavy atom. The number of guanidine groups is 1. The summed E-state index contributed by atoms with van der Waals surface area (Å²) in [6.45, 7) is 13.2. The lowest BCUT2D eigenvalue weighted by atomic mass is 9.95. The first-order chi connectivity index (χ1) is 14.6. The van der Waals surface area contributed by atoms with E-state index in [1.165, 1.54) is 11.3 Å². The zero-order valence-electron chi connectivity index (χ0n) is 19.2. The fourth-order valence-corrected chi connectivity index (χ4v) is 4.16. The van der Waals surface area contributed by atoms with E-state index in [0.29, 0.717) is 5.92 Å². The molecule has 7 heteroatoms. The Bertz CT molecular complexity index is 823. The largest absolute Gasteiger partial charge is 0.342 e. The van der Waals surface area contributed by atoms with E-state index in [0.717, 1.165) is 69.6 Å². The van der Waals surface area contributed by atoms with E-state index in [4.69, 9.17) is 0 Å². The summed E-state index contributed by atoms with van der Waals surface area (Å²) in [4.78, 5) is 9.18. The lowest BCUT2D eigenvalue weighted by Crippen LogP contribution is -2.46. The van der Waals surface area contributed by atoms with Crippen LogP contribution in [-0.2, 0) is 6.54 Å². The standard InChI is InChI=1S/C18H27N7.C5H10/c1-13-11-19-12-16-21-22-17(25(16)14(13)2)15-5-9-24(10-6-15)18-20-7-4-8-23(18)3;1-3-5-4-2/h4,7,15,19H,5-6,8-12H2,1-3H3;3,5H,4H2,1-2H3/b;5-3-. The lowest BCUT2D eigenvalue weighted by molar-refractivity contribution is 0.275. The molecule has 3 aliphatic rings. The van der Waals surface area contributed by atoms with Gasteiger partial charge in [0.1, 0.15) is 5.82 Å². The van der Waals surface area contributed by atoms with Gasteiger partial charge in [-0.1, -0.05) is 19.1 Å². The van der Waals surface area contributed by atoms with E-state index >= 15 is 0 Å². The molecule has 7 nitrogen and oxygen atoms in total. The molecule has 164 valence electrons. The number of nitrogens with one attached hydrogen (secondary N) is 1. The van der Waals surface area contributed by atoms with E-state index in [-0.39, 0.29) is 0 Å². The molecule has 1 N–H and O–H groups in total. The molecule has 0 radical (unpaired) electrons. The quantitative estimate of drug-likeness (QED) is 0.754. The van der Waals surface area contributed by atoms with Crippen LogP contribution in [0.2, 0.25) is 0 Å². The third kappa shape index (κ3) is 5.01. The van der Waals surface area contributed by atoms with Crippen molar-refractivity contribution in [3.63, 3.8) is 0 Å². The van der Waals surface area contributed by atoms with Crippen molar-refractivity contribution in [2.75, 3.05) is 33.2 Å². The van der Waals surface area contributed by atoms with E-state index in [1.807, 2.05) is 13.1 Å². The van der Waals surface area contributed by atoms with Gasteiger partial charge < -0.3 is 15.1 Å². The van der Waals surface area contributed by atoms with Gasteiger partial charge in [0, 0.05) is 51.0 Å². The van der Waals surface area contributed by atoms with Gasteiger partial charge in [0.2, 0.25) is 5.96 Å². The second-order valence-corrected chi connectivity index (χ2v) is 8.21. The first-order valence-electron chi connectivity index (χ1n) is 11.2. The molecule has 0 saturated carbocycles. The average molecular weight is 412 g/mol. The summed E-state index contributed by atoms with van der Waals surface area (Å²) < 4.78 is 2.29. The molecule has 3 aliphatic heterocycles. The van der Waals surface area contributed by atoms with E-state index in [9.17, 15) is 0 Å². The molecule has 30 heavy (non-hydrogen) atoms. The molecule has 0 amide bonds. The Balaban J connectivity index is 0.000000461. The van der Waals surface area contributed by atoms with Gasteiger partial charge in [-0.25, -0.2) is 4.99 Å². The number of nitrogens with zero attached hydrogens (tertiary/aromatic N) is 6. The van der Waals surface area contributed by atoms with Crippen LogP contribution in [-0.4, -0.2) is 63.8 Å². The van der Waals surface area contributed by atoms with Crippen molar-refractivity contribution in [1.29, 1.82) is 0 Å². The maximum absolute atomic E-state index is 4.57. The number of likely N-dealkylation sites (tertiary alicyclic amines) is 1. The molecule has 4 rings (SSSR count). The summed E-state index contributed by atoms with van der Waals surface area (Å²) >= 11 is 0. The number of fused-ring (bicyclic) bond motifs is 1. The van der Waals surface area contributed by atoms with Gasteiger partial charge >= 0.3 is 0 Å². The molecule has 1 aromatic rings. The first kappa shape index (κ1) is 22.3. The van der Waals surface area contributed by atoms with Gasteiger partial charge in [-0.15, -0.1) is 10.2 Å². The summed E-state index contributed by atoms with van der Waals surface area (Å²) in [5, 5.41) is 12.5. The van der Waals surface area contributed by atoms with Gasteiger partial charge in [-0.3, -0.25) is 4.57 Å². The summed E-state index contributed by atoms with van der Waals surface area (Å²) in [6, 6.07) is 0. The Kier molecular flexibility index (Phi) is 7.85. The third-order valence-corrected chi connectivity index (χ3v) is 6.01. The summed E-state index contributed by atoms with van der Waals surface area (Å²) in [6.07, 6.45) is 11.5. The molecule has 4 heterocycles. The van der Waals surface area contributed by atoms with Crippen molar-refractivity contribution in [2.24, 2.45) is 4.99 Å². The van der Waals surface area contributed by atoms with Crippen molar-refractivity contribution in [3.05, 3.63) is 41.6 Å². The second-order valence-electron chi connectivity index (χ2n) is 8.21. The van der Waals surface area contributed by atoms with Crippen molar-refractivity contribution < 1.29 is 0 Å². The molecule has 1 aromatic heterocycles. The van der Waals surface area contributed by atoms with Crippen molar-refractivity contribution in [2.45, 2.75) is 59.4 Å². The van der Waals surface area contributed by atoms with Crippen LogP contribution in [0.15, 0.2) is 35.0 Å². The van der Waals surface area contributed by atoms with Crippen LogP contribution in [0.4, 0.5) is 0 Å². The minimum absolute atomic E-state index is 0.461. The van der Waals surface area contributed by atoms with Crippen LogP contribution in [0, 0.1) is 0 Å². The second kappa shape index (κ2) is 10.6. The summed E-state index contributed by atoms with van der Waals surface area (Å²) in [7, 11) is 2.11. The fourth-order valence-electron chi connectivity index (χ4n) is 4.16. The number of hydrogen-bond donors (Lipinski definition) is 1. The molecule has 0 bridgehead atoms. The molecule has 0 atom stereocenters. The first-order valence-corrected chi connectivity index (χ1v) is 11.2. The van der Waals surface area contributed by atoms with Crippen molar-refractivity contribution >= 4 is 11.7 Å². The highest BCUT2D eigenvalue weighted by Crippen LogP contribution is 2.30. The van der Waals surface area contributed by atoms with Crippen LogP contribution >= 0.6 is 0 Å². The van der Waals surface area contributed by atoms with Crippen molar-refractivity contribution in [1.82, 2.24) is 29.9 Å². The Morgan fingerprint density at radius 1 is 1.17 bits per heavy atom. The highest BCUT2D eigenvalue weighted by Gasteiger charge is 2.29. The number of allylic oxidation sites excluding steroid dienone is 3. The third-order valence-electron chi connectivity index (χ3n) is 6.01. The predicted octanol–water partition coefficient (Wildman–Crippen LogP) is 3.60. The maximum atomic E-state index is 4.57. The number of piperidine rings is 1. The number of likely N-dealkylation sites (N-methyl/N-ethyl adjacent to an activating group) is 1. The molecular formula is C23H37N7.